The van der Waals surface area contributed by atoms with E-state index < -0.39 is 10.0 Å². The van der Waals surface area contributed by atoms with Gasteiger partial charge in [0.25, 0.3) is 10.0 Å². The van der Waals surface area contributed by atoms with E-state index >= 15 is 0 Å². The number of sulfonamides is 1. The van der Waals surface area contributed by atoms with Crippen LogP contribution in [0.4, 0.5) is 5.69 Å². The summed E-state index contributed by atoms with van der Waals surface area (Å²) >= 11 is 10.0. The summed E-state index contributed by atoms with van der Waals surface area (Å²) in [6.07, 6.45) is 0. The lowest BCUT2D eigenvalue weighted by Gasteiger charge is -2.06. The van der Waals surface area contributed by atoms with Gasteiger partial charge < -0.3 is 0 Å². The minimum absolute atomic E-state index is 0.197. The number of anilines is 1. The van der Waals surface area contributed by atoms with E-state index in [1.807, 2.05) is 6.07 Å². The molecule has 3 nitrogen and oxygen atoms in total. The fraction of sp³-hybridized carbons (Fsp3) is 0. The maximum atomic E-state index is 12.0. The van der Waals surface area contributed by atoms with Gasteiger partial charge in [0.15, 0.2) is 0 Å². The molecule has 17 heavy (non-hydrogen) atoms. The van der Waals surface area contributed by atoms with Crippen molar-refractivity contribution in [1.29, 1.82) is 0 Å². The van der Waals surface area contributed by atoms with Crippen molar-refractivity contribution in [3.05, 3.63) is 45.2 Å². The summed E-state index contributed by atoms with van der Waals surface area (Å²) in [4.78, 5) is 0. The molecule has 1 N–H and O–H groups in total. The van der Waals surface area contributed by atoms with E-state index in [9.17, 15) is 8.42 Å². The molecule has 0 aliphatic heterocycles. The van der Waals surface area contributed by atoms with Gasteiger partial charge in [-0.1, -0.05) is 33.6 Å². The zero-order valence-electron chi connectivity index (χ0n) is 8.35. The van der Waals surface area contributed by atoms with Gasteiger partial charge in [0, 0.05) is 10.2 Å². The standard InChI is InChI=1S/C10H7BrClNO2S2/c11-7-2-1-3-8(6-7)13-17(14,15)10-5-4-9(12)16-10/h1-6,13H. The van der Waals surface area contributed by atoms with Crippen LogP contribution in [0.15, 0.2) is 45.1 Å². The second-order valence-electron chi connectivity index (χ2n) is 3.17. The molecule has 1 aromatic carbocycles. The van der Waals surface area contributed by atoms with Crippen LogP contribution in [0, 0.1) is 0 Å². The molecule has 2 rings (SSSR count). The molecule has 0 radical (unpaired) electrons. The second kappa shape index (κ2) is 4.97. The van der Waals surface area contributed by atoms with Crippen molar-refractivity contribution in [1.82, 2.24) is 0 Å². The number of hydrogen-bond acceptors (Lipinski definition) is 3. The zero-order chi connectivity index (χ0) is 12.5. The predicted molar refractivity (Wildman–Crippen MR) is 74.3 cm³/mol. The molecule has 0 aliphatic carbocycles. The van der Waals surface area contributed by atoms with Crippen molar-refractivity contribution in [3.8, 4) is 0 Å². The van der Waals surface area contributed by atoms with Crippen molar-refractivity contribution in [3.63, 3.8) is 0 Å². The van der Waals surface area contributed by atoms with Crippen LogP contribution in [-0.4, -0.2) is 8.42 Å². The number of hydrogen-bond donors (Lipinski definition) is 1. The Morgan fingerprint density at radius 3 is 2.59 bits per heavy atom. The lowest BCUT2D eigenvalue weighted by Crippen LogP contribution is -2.11. The van der Waals surface area contributed by atoms with Gasteiger partial charge in [-0.25, -0.2) is 8.42 Å². The van der Waals surface area contributed by atoms with Crippen molar-refractivity contribution in [2.24, 2.45) is 0 Å². The lowest BCUT2D eigenvalue weighted by molar-refractivity contribution is 0.603. The molecule has 2 aromatic rings. The molecule has 0 saturated carbocycles. The van der Waals surface area contributed by atoms with E-state index in [2.05, 4.69) is 20.7 Å². The maximum Gasteiger partial charge on any atom is 0.271 e. The molecule has 90 valence electrons. The summed E-state index contributed by atoms with van der Waals surface area (Å²) in [5.74, 6) is 0. The summed E-state index contributed by atoms with van der Waals surface area (Å²) in [5, 5.41) is 0. The maximum absolute atomic E-state index is 12.0. The highest BCUT2D eigenvalue weighted by Crippen LogP contribution is 2.27. The summed E-state index contributed by atoms with van der Waals surface area (Å²) in [6, 6.07) is 9.97. The highest BCUT2D eigenvalue weighted by molar-refractivity contribution is 9.10. The normalized spacial score (nSPS) is 11.4. The van der Waals surface area contributed by atoms with Crippen molar-refractivity contribution >= 4 is 54.6 Å². The fourth-order valence-corrected chi connectivity index (χ4v) is 4.13. The topological polar surface area (TPSA) is 46.2 Å². The van der Waals surface area contributed by atoms with Crippen LogP contribution in [0.1, 0.15) is 0 Å². The number of benzene rings is 1. The molecule has 0 atom stereocenters. The first-order valence-electron chi connectivity index (χ1n) is 4.51. The summed E-state index contributed by atoms with van der Waals surface area (Å²) in [5.41, 5.74) is 0.504. The third-order valence-electron chi connectivity index (χ3n) is 1.89. The Labute approximate surface area is 117 Å². The molecule has 0 spiro atoms. The van der Waals surface area contributed by atoms with Gasteiger partial charge in [-0.2, -0.15) is 0 Å². The average molecular weight is 353 g/mol. The van der Waals surface area contributed by atoms with Crippen molar-refractivity contribution in [2.45, 2.75) is 4.21 Å². The summed E-state index contributed by atoms with van der Waals surface area (Å²) < 4.78 is 27.8. The van der Waals surface area contributed by atoms with Gasteiger partial charge in [0.05, 0.1) is 4.34 Å². The van der Waals surface area contributed by atoms with Crippen LogP contribution >= 0.6 is 38.9 Å². The van der Waals surface area contributed by atoms with E-state index in [1.165, 1.54) is 6.07 Å². The Kier molecular flexibility index (Phi) is 3.77. The molecule has 0 amide bonds. The monoisotopic (exact) mass is 351 g/mol. The third-order valence-corrected chi connectivity index (χ3v) is 5.49. The predicted octanol–water partition coefficient (Wildman–Crippen LogP) is 3.96. The number of nitrogens with one attached hydrogen (secondary N) is 1. The largest absolute Gasteiger partial charge is 0.279 e. The van der Waals surface area contributed by atoms with Gasteiger partial charge in [0.1, 0.15) is 4.21 Å². The lowest BCUT2D eigenvalue weighted by atomic mass is 10.3. The molecule has 0 fully saturated rings. The van der Waals surface area contributed by atoms with Gasteiger partial charge in [0.2, 0.25) is 0 Å². The SMILES string of the molecule is O=S(=O)(Nc1cccc(Br)c1)c1ccc(Cl)s1. The number of rotatable bonds is 3. The van der Waals surface area contributed by atoms with E-state index in [1.54, 1.807) is 24.3 Å². The first kappa shape index (κ1) is 12.9. The van der Waals surface area contributed by atoms with Crippen LogP contribution in [0.2, 0.25) is 4.34 Å². The number of thiophene rings is 1. The highest BCUT2D eigenvalue weighted by Gasteiger charge is 2.16. The molecule has 0 aliphatic rings. The quantitative estimate of drug-likeness (QED) is 0.908. The van der Waals surface area contributed by atoms with Crippen molar-refractivity contribution < 1.29 is 8.42 Å². The molecule has 0 saturated heterocycles. The fourth-order valence-electron chi connectivity index (χ4n) is 1.20. The third kappa shape index (κ3) is 3.22. The zero-order valence-corrected chi connectivity index (χ0v) is 12.3. The molecule has 0 bridgehead atoms. The molecule has 1 heterocycles. The van der Waals surface area contributed by atoms with Crippen molar-refractivity contribution in [2.75, 3.05) is 4.72 Å². The Morgan fingerprint density at radius 1 is 1.24 bits per heavy atom. The Balaban J connectivity index is 2.29. The molecular formula is C10H7BrClNO2S2. The van der Waals surface area contributed by atoms with E-state index in [0.717, 1.165) is 15.8 Å². The first-order valence-corrected chi connectivity index (χ1v) is 7.98. The van der Waals surface area contributed by atoms with Crippen LogP contribution < -0.4 is 4.72 Å². The van der Waals surface area contributed by atoms with Crippen LogP contribution in [0.25, 0.3) is 0 Å². The average Bonchev–Trinajstić information content (AvgIpc) is 2.65. The molecule has 7 heteroatoms. The van der Waals surface area contributed by atoms with Gasteiger partial charge in [-0.3, -0.25) is 4.72 Å². The Bertz CT molecular complexity index is 639. The van der Waals surface area contributed by atoms with E-state index in [4.69, 9.17) is 11.6 Å². The first-order chi connectivity index (χ1) is 7.97. The minimum Gasteiger partial charge on any atom is -0.279 e. The van der Waals surface area contributed by atoms with Gasteiger partial charge in [-0.05, 0) is 30.3 Å². The van der Waals surface area contributed by atoms with Crippen LogP contribution in [0.5, 0.6) is 0 Å². The summed E-state index contributed by atoms with van der Waals surface area (Å²) in [6.45, 7) is 0. The smallest absolute Gasteiger partial charge is 0.271 e. The summed E-state index contributed by atoms with van der Waals surface area (Å²) in [7, 11) is -3.55. The second-order valence-corrected chi connectivity index (χ2v) is 7.71. The molecular weight excluding hydrogens is 346 g/mol. The van der Waals surface area contributed by atoms with Gasteiger partial charge >= 0.3 is 0 Å². The molecule has 0 unspecified atom stereocenters. The Hall–Kier alpha value is -0.560. The highest BCUT2D eigenvalue weighted by atomic mass is 79.9. The van der Waals surface area contributed by atoms with Crippen LogP contribution in [-0.2, 0) is 10.0 Å². The van der Waals surface area contributed by atoms with Gasteiger partial charge in [-0.15, -0.1) is 11.3 Å². The minimum atomic E-state index is -3.55. The molecule has 1 aromatic heterocycles. The Morgan fingerprint density at radius 2 is 2.00 bits per heavy atom. The van der Waals surface area contributed by atoms with Crippen LogP contribution in [0.3, 0.4) is 0 Å². The van der Waals surface area contributed by atoms with E-state index in [-0.39, 0.29) is 4.21 Å². The van der Waals surface area contributed by atoms with E-state index in [0.29, 0.717) is 10.0 Å². The number of halogens is 2.